The van der Waals surface area contributed by atoms with Crippen LogP contribution >= 0.6 is 22.6 Å². The third kappa shape index (κ3) is 2.91. The van der Waals surface area contributed by atoms with Gasteiger partial charge in [0.05, 0.1) is 5.69 Å². The van der Waals surface area contributed by atoms with Crippen molar-refractivity contribution in [2.75, 3.05) is 18.1 Å². The Morgan fingerprint density at radius 2 is 2.24 bits per heavy atom. The second kappa shape index (κ2) is 5.25. The second-order valence-corrected chi connectivity index (χ2v) is 5.87. The Labute approximate surface area is 115 Å². The van der Waals surface area contributed by atoms with Crippen molar-refractivity contribution in [3.63, 3.8) is 0 Å². The van der Waals surface area contributed by atoms with Crippen molar-refractivity contribution >= 4 is 34.2 Å². The number of carbonyl (C=O) groups excluding carboxylic acids is 1. The predicted octanol–water partition coefficient (Wildman–Crippen LogP) is 3.06. The lowest BCUT2D eigenvalue weighted by Gasteiger charge is -2.30. The first kappa shape index (κ1) is 12.7. The number of nitrogens with zero attached hydrogens (tertiary/aromatic N) is 1. The summed E-state index contributed by atoms with van der Waals surface area (Å²) in [4.78, 5) is 13.7. The van der Waals surface area contributed by atoms with Crippen LogP contribution in [-0.4, -0.2) is 19.1 Å². The molecule has 0 saturated heterocycles. The number of halogens is 1. The summed E-state index contributed by atoms with van der Waals surface area (Å²) in [7, 11) is 0. The van der Waals surface area contributed by atoms with E-state index >= 15 is 0 Å². The zero-order valence-corrected chi connectivity index (χ0v) is 12.2. The number of hydrogen-bond acceptors (Lipinski definition) is 2. The number of ether oxygens (including phenoxy) is 1. The third-order valence-corrected chi connectivity index (χ3v) is 3.47. The highest BCUT2D eigenvalue weighted by atomic mass is 127. The smallest absolute Gasteiger partial charge is 0.265 e. The molecule has 1 amide bonds. The van der Waals surface area contributed by atoms with Crippen LogP contribution in [0.15, 0.2) is 18.2 Å². The summed E-state index contributed by atoms with van der Waals surface area (Å²) in [5.74, 6) is 1.47. The Morgan fingerprint density at radius 1 is 1.47 bits per heavy atom. The van der Waals surface area contributed by atoms with Gasteiger partial charge in [0.25, 0.3) is 5.91 Å². The van der Waals surface area contributed by atoms with E-state index in [4.69, 9.17) is 4.74 Å². The zero-order chi connectivity index (χ0) is 12.4. The predicted molar refractivity (Wildman–Crippen MR) is 76.5 cm³/mol. The van der Waals surface area contributed by atoms with E-state index in [1.54, 1.807) is 0 Å². The van der Waals surface area contributed by atoms with Crippen molar-refractivity contribution in [1.82, 2.24) is 0 Å². The van der Waals surface area contributed by atoms with Gasteiger partial charge < -0.3 is 9.64 Å². The molecule has 0 aliphatic carbocycles. The van der Waals surface area contributed by atoms with Crippen LogP contribution in [0.2, 0.25) is 0 Å². The largest absolute Gasteiger partial charge is 0.482 e. The lowest BCUT2D eigenvalue weighted by Crippen LogP contribution is -2.39. The molecule has 1 heterocycles. The first-order valence-electron chi connectivity index (χ1n) is 5.80. The molecule has 1 aliphatic rings. The first-order valence-corrected chi connectivity index (χ1v) is 6.88. The molecule has 2 rings (SSSR count). The highest BCUT2D eigenvalue weighted by Gasteiger charge is 2.25. The molecule has 3 nitrogen and oxygen atoms in total. The van der Waals surface area contributed by atoms with Gasteiger partial charge in [0.2, 0.25) is 0 Å². The quantitative estimate of drug-likeness (QED) is 0.788. The van der Waals surface area contributed by atoms with Gasteiger partial charge in [-0.05, 0) is 53.1 Å². The van der Waals surface area contributed by atoms with Crippen LogP contribution in [0.4, 0.5) is 5.69 Å². The van der Waals surface area contributed by atoms with E-state index in [-0.39, 0.29) is 12.5 Å². The van der Waals surface area contributed by atoms with E-state index in [9.17, 15) is 4.79 Å². The van der Waals surface area contributed by atoms with Crippen molar-refractivity contribution in [3.05, 3.63) is 21.8 Å². The fraction of sp³-hybridized carbons (Fsp3) is 0.462. The lowest BCUT2D eigenvalue weighted by atomic mass is 10.1. The summed E-state index contributed by atoms with van der Waals surface area (Å²) in [6.07, 6.45) is 1.01. The fourth-order valence-corrected chi connectivity index (χ4v) is 2.27. The standard InChI is InChI=1S/C13H16INO2/c1-9(2)5-6-15-11-4-3-10(14)7-12(11)17-8-13(15)16/h3-4,7,9H,5-6,8H2,1-2H3. The Balaban J connectivity index is 2.24. The third-order valence-electron chi connectivity index (χ3n) is 2.79. The van der Waals surface area contributed by atoms with Crippen LogP contribution in [0.5, 0.6) is 5.75 Å². The average Bonchev–Trinajstić information content (AvgIpc) is 2.27. The average molecular weight is 345 g/mol. The molecule has 92 valence electrons. The van der Waals surface area contributed by atoms with Crippen LogP contribution in [0, 0.1) is 9.49 Å². The summed E-state index contributed by atoms with van der Waals surface area (Å²) >= 11 is 2.25. The van der Waals surface area contributed by atoms with Crippen LogP contribution in [0.1, 0.15) is 20.3 Å². The van der Waals surface area contributed by atoms with Crippen molar-refractivity contribution in [3.8, 4) is 5.75 Å². The van der Waals surface area contributed by atoms with Gasteiger partial charge in [-0.15, -0.1) is 0 Å². The fourth-order valence-electron chi connectivity index (χ4n) is 1.81. The van der Waals surface area contributed by atoms with Gasteiger partial charge in [0, 0.05) is 10.1 Å². The van der Waals surface area contributed by atoms with Crippen molar-refractivity contribution in [2.45, 2.75) is 20.3 Å². The van der Waals surface area contributed by atoms with Crippen molar-refractivity contribution in [2.24, 2.45) is 5.92 Å². The molecule has 1 aromatic rings. The molecule has 0 saturated carbocycles. The summed E-state index contributed by atoms with van der Waals surface area (Å²) in [6.45, 7) is 5.26. The van der Waals surface area contributed by atoms with E-state index in [2.05, 4.69) is 36.4 Å². The molecule has 17 heavy (non-hydrogen) atoms. The molecule has 0 aromatic heterocycles. The number of amides is 1. The van der Waals surface area contributed by atoms with Gasteiger partial charge >= 0.3 is 0 Å². The van der Waals surface area contributed by atoms with Gasteiger partial charge in [0.1, 0.15) is 5.75 Å². The number of benzene rings is 1. The SMILES string of the molecule is CC(C)CCN1C(=O)COc2cc(I)ccc21. The summed E-state index contributed by atoms with van der Waals surface area (Å²) < 4.78 is 6.58. The number of carbonyl (C=O) groups is 1. The van der Waals surface area contributed by atoms with Crippen LogP contribution in [-0.2, 0) is 4.79 Å². The van der Waals surface area contributed by atoms with Gasteiger partial charge in [-0.1, -0.05) is 13.8 Å². The molecule has 0 fully saturated rings. The van der Waals surface area contributed by atoms with Crippen LogP contribution in [0.25, 0.3) is 0 Å². The maximum absolute atomic E-state index is 11.9. The molecule has 0 bridgehead atoms. The highest BCUT2D eigenvalue weighted by Crippen LogP contribution is 2.33. The number of hydrogen-bond donors (Lipinski definition) is 0. The van der Waals surface area contributed by atoms with Crippen molar-refractivity contribution in [1.29, 1.82) is 0 Å². The Kier molecular flexibility index (Phi) is 3.91. The molecule has 4 heteroatoms. The molecule has 1 aromatic carbocycles. The Bertz CT molecular complexity index is 431. The van der Waals surface area contributed by atoms with E-state index < -0.39 is 0 Å². The van der Waals surface area contributed by atoms with E-state index in [1.807, 2.05) is 23.1 Å². The molecule has 0 N–H and O–H groups in total. The number of fused-ring (bicyclic) bond motifs is 1. The second-order valence-electron chi connectivity index (χ2n) is 4.63. The minimum atomic E-state index is 0.0550. The van der Waals surface area contributed by atoms with E-state index in [1.165, 1.54) is 0 Å². The number of anilines is 1. The summed E-state index contributed by atoms with van der Waals surface area (Å²) in [5, 5.41) is 0. The molecular formula is C13H16INO2. The Hall–Kier alpha value is -0.780. The van der Waals surface area contributed by atoms with Crippen LogP contribution < -0.4 is 9.64 Å². The maximum Gasteiger partial charge on any atom is 0.265 e. The normalized spacial score (nSPS) is 14.8. The number of rotatable bonds is 3. The Morgan fingerprint density at radius 3 is 2.94 bits per heavy atom. The zero-order valence-electron chi connectivity index (χ0n) is 10.1. The highest BCUT2D eigenvalue weighted by molar-refractivity contribution is 14.1. The lowest BCUT2D eigenvalue weighted by molar-refractivity contribution is -0.121. The molecule has 0 radical (unpaired) electrons. The monoisotopic (exact) mass is 345 g/mol. The topological polar surface area (TPSA) is 29.5 Å². The van der Waals surface area contributed by atoms with Crippen LogP contribution in [0.3, 0.4) is 0 Å². The molecular weight excluding hydrogens is 329 g/mol. The van der Waals surface area contributed by atoms with Gasteiger partial charge in [-0.2, -0.15) is 0 Å². The van der Waals surface area contributed by atoms with E-state index in [0.29, 0.717) is 5.92 Å². The molecule has 1 aliphatic heterocycles. The summed E-state index contributed by atoms with van der Waals surface area (Å²) in [6, 6.07) is 5.95. The van der Waals surface area contributed by atoms with Gasteiger partial charge in [-0.25, -0.2) is 0 Å². The van der Waals surface area contributed by atoms with Gasteiger partial charge in [-0.3, -0.25) is 4.79 Å². The first-order chi connectivity index (χ1) is 8.08. The maximum atomic E-state index is 11.9. The minimum absolute atomic E-state index is 0.0550. The van der Waals surface area contributed by atoms with E-state index in [0.717, 1.165) is 28.0 Å². The molecule has 0 spiro atoms. The molecule has 0 atom stereocenters. The minimum Gasteiger partial charge on any atom is -0.482 e. The molecule has 0 unspecified atom stereocenters. The van der Waals surface area contributed by atoms with Crippen molar-refractivity contribution < 1.29 is 9.53 Å². The summed E-state index contributed by atoms with van der Waals surface area (Å²) in [5.41, 5.74) is 0.905. The van der Waals surface area contributed by atoms with Gasteiger partial charge in [0.15, 0.2) is 6.61 Å².